The summed E-state index contributed by atoms with van der Waals surface area (Å²) in [5.74, 6) is -0.486. The van der Waals surface area contributed by atoms with Crippen molar-refractivity contribution in [2.24, 2.45) is 29.6 Å². The molecule has 1 aromatic rings. The smallest absolute Gasteiger partial charge is 0.246 e. The van der Waals surface area contributed by atoms with E-state index in [2.05, 4.69) is 31.4 Å². The second-order valence-corrected chi connectivity index (χ2v) is 13.6. The van der Waals surface area contributed by atoms with Crippen molar-refractivity contribution >= 4 is 35.0 Å². The van der Waals surface area contributed by atoms with Gasteiger partial charge in [0.05, 0.1) is 17.9 Å². The lowest BCUT2D eigenvalue weighted by molar-refractivity contribution is -0.145. The summed E-state index contributed by atoms with van der Waals surface area (Å²) < 4.78 is 6.56. The highest BCUT2D eigenvalue weighted by molar-refractivity contribution is 6.31. The van der Waals surface area contributed by atoms with Crippen LogP contribution in [0.5, 0.6) is 0 Å². The number of hydrogen-bond acceptors (Lipinski definition) is 4. The molecule has 2 saturated heterocycles. The van der Waals surface area contributed by atoms with E-state index in [9.17, 15) is 14.4 Å². The molecule has 216 valence electrons. The second-order valence-electron chi connectivity index (χ2n) is 13.2. The summed E-state index contributed by atoms with van der Waals surface area (Å²) in [6.07, 6.45) is 10.2. The molecule has 0 aromatic heterocycles. The number of carbonyl (C=O) groups is 3. The molecule has 2 aliphatic carbocycles. The molecule has 3 heterocycles. The van der Waals surface area contributed by atoms with Crippen LogP contribution < -0.4 is 10.6 Å². The number of anilines is 1. The Balaban J connectivity index is 1.31. The molecule has 8 atom stereocenters. The van der Waals surface area contributed by atoms with Gasteiger partial charge in [-0.15, -0.1) is 0 Å². The van der Waals surface area contributed by atoms with E-state index < -0.39 is 29.6 Å². The van der Waals surface area contributed by atoms with Gasteiger partial charge < -0.3 is 20.3 Å². The van der Waals surface area contributed by atoms with Gasteiger partial charge in [-0.1, -0.05) is 63.4 Å². The largest absolute Gasteiger partial charge is 0.359 e. The van der Waals surface area contributed by atoms with Gasteiger partial charge in [0.25, 0.3) is 0 Å². The summed E-state index contributed by atoms with van der Waals surface area (Å²) in [5.41, 5.74) is 0.370. The molecule has 6 rings (SSSR count). The van der Waals surface area contributed by atoms with E-state index in [1.165, 1.54) is 6.42 Å². The van der Waals surface area contributed by atoms with E-state index in [4.69, 9.17) is 16.3 Å². The van der Waals surface area contributed by atoms with Gasteiger partial charge in [-0.05, 0) is 74.5 Å². The third-order valence-electron chi connectivity index (χ3n) is 10.7. The molecule has 40 heavy (non-hydrogen) atoms. The Morgan fingerprint density at radius 3 is 2.52 bits per heavy atom. The Morgan fingerprint density at radius 1 is 1.05 bits per heavy atom. The number of carbonyl (C=O) groups excluding carboxylic acids is 3. The Kier molecular flexibility index (Phi) is 7.27. The molecule has 0 unspecified atom stereocenters. The summed E-state index contributed by atoms with van der Waals surface area (Å²) in [4.78, 5) is 44.2. The van der Waals surface area contributed by atoms with Gasteiger partial charge in [0.1, 0.15) is 11.6 Å². The average Bonchev–Trinajstić information content (AvgIpc) is 3.57. The van der Waals surface area contributed by atoms with E-state index >= 15 is 0 Å². The van der Waals surface area contributed by atoms with E-state index in [1.807, 2.05) is 36.1 Å². The highest BCUT2D eigenvalue weighted by Crippen LogP contribution is 2.56. The summed E-state index contributed by atoms with van der Waals surface area (Å²) in [6, 6.07) is 4.66. The van der Waals surface area contributed by atoms with Crippen LogP contribution in [0.1, 0.15) is 71.3 Å². The predicted molar refractivity (Wildman–Crippen MR) is 155 cm³/mol. The first-order valence-electron chi connectivity index (χ1n) is 15.2. The van der Waals surface area contributed by atoms with E-state index in [1.54, 1.807) is 6.07 Å². The molecule has 3 amide bonds. The number of aryl methyl sites for hydroxylation is 1. The third-order valence-corrected chi connectivity index (χ3v) is 11.1. The number of likely N-dealkylation sites (tertiary alicyclic amines) is 1. The van der Waals surface area contributed by atoms with Crippen LogP contribution in [-0.4, -0.2) is 52.5 Å². The van der Waals surface area contributed by atoms with E-state index in [-0.39, 0.29) is 29.8 Å². The van der Waals surface area contributed by atoms with Gasteiger partial charge >= 0.3 is 0 Å². The minimum Gasteiger partial charge on any atom is -0.359 e. The molecule has 2 saturated carbocycles. The molecule has 2 N–H and O–H groups in total. The molecule has 2 bridgehead atoms. The molecule has 1 spiro atoms. The van der Waals surface area contributed by atoms with Gasteiger partial charge in [-0.3, -0.25) is 14.4 Å². The monoisotopic (exact) mass is 567 g/mol. The third kappa shape index (κ3) is 4.48. The van der Waals surface area contributed by atoms with Crippen LogP contribution in [0.25, 0.3) is 0 Å². The maximum Gasteiger partial charge on any atom is 0.246 e. The van der Waals surface area contributed by atoms with Crippen LogP contribution >= 0.6 is 11.6 Å². The minimum atomic E-state index is -1.13. The van der Waals surface area contributed by atoms with Crippen molar-refractivity contribution in [1.29, 1.82) is 0 Å². The fourth-order valence-corrected chi connectivity index (χ4v) is 8.24. The number of ether oxygens (including phenoxy) is 1. The van der Waals surface area contributed by atoms with Gasteiger partial charge in [0.15, 0.2) is 0 Å². The number of hydrogen-bond donors (Lipinski definition) is 2. The number of fused-ring (bicyclic) bond motifs is 1. The summed E-state index contributed by atoms with van der Waals surface area (Å²) in [5, 5.41) is 6.91. The summed E-state index contributed by atoms with van der Waals surface area (Å²) in [7, 11) is 0. The fourth-order valence-electron chi connectivity index (χ4n) is 8.06. The van der Waals surface area contributed by atoms with Gasteiger partial charge in [0, 0.05) is 22.8 Å². The van der Waals surface area contributed by atoms with Crippen LogP contribution in [0.2, 0.25) is 5.02 Å². The number of nitrogens with one attached hydrogen (secondary N) is 2. The number of rotatable bonds is 5. The Bertz CT molecular complexity index is 1230. The molecule has 5 aliphatic rings. The normalized spacial score (nSPS) is 40.3. The molecular formula is C32H42ClN3O4. The number of amides is 3. The van der Waals surface area contributed by atoms with Crippen molar-refractivity contribution in [1.82, 2.24) is 10.2 Å². The zero-order valence-corrected chi connectivity index (χ0v) is 24.7. The van der Waals surface area contributed by atoms with Crippen molar-refractivity contribution in [3.63, 3.8) is 0 Å². The zero-order chi connectivity index (χ0) is 28.3. The molecule has 0 radical (unpaired) electrons. The van der Waals surface area contributed by atoms with Gasteiger partial charge in [-0.2, -0.15) is 0 Å². The van der Waals surface area contributed by atoms with Crippen molar-refractivity contribution in [2.45, 2.75) is 102 Å². The topological polar surface area (TPSA) is 87.7 Å². The maximum atomic E-state index is 14.4. The predicted octanol–water partition coefficient (Wildman–Crippen LogP) is 5.26. The lowest BCUT2D eigenvalue weighted by atomic mass is 9.73. The first kappa shape index (κ1) is 27.8. The highest BCUT2D eigenvalue weighted by atomic mass is 35.5. The lowest BCUT2D eigenvalue weighted by Crippen LogP contribution is -2.59. The van der Waals surface area contributed by atoms with Crippen molar-refractivity contribution < 1.29 is 19.1 Å². The number of benzene rings is 1. The number of nitrogens with zero attached hydrogens (tertiary/aromatic N) is 1. The van der Waals surface area contributed by atoms with Crippen molar-refractivity contribution in [3.8, 4) is 0 Å². The van der Waals surface area contributed by atoms with Crippen LogP contribution in [0, 0.1) is 36.5 Å². The van der Waals surface area contributed by atoms with Crippen LogP contribution in [0.3, 0.4) is 0 Å². The molecule has 7 nitrogen and oxygen atoms in total. The molecular weight excluding hydrogens is 526 g/mol. The average molecular weight is 568 g/mol. The fraction of sp³-hybridized carbons (Fsp3) is 0.656. The standard InChI is InChI=1S/C32H42ClN3O4/c1-17-8-12-22(13-9-17)36-28(30(38)35-24-7-5-6-18(2)20(24)4)32-15-14-25(40-32)26(27(32)31(36)39)29(37)34-21-11-10-19(3)23(33)16-21/h10-11,14-18,20,22,24-28H,5-9,12-13H2,1-4H3,(H,34,37)(H,35,38)/t17?,18-,20-,22?,24+,25-,26+,27-,28-,32-/m0/s1. The van der Waals surface area contributed by atoms with Crippen LogP contribution in [0.4, 0.5) is 5.69 Å². The zero-order valence-electron chi connectivity index (χ0n) is 24.0. The minimum absolute atomic E-state index is 0.0298. The first-order valence-corrected chi connectivity index (χ1v) is 15.5. The summed E-state index contributed by atoms with van der Waals surface area (Å²) in [6.45, 7) is 8.62. The SMILES string of the molecule is Cc1ccc(NC(=O)[C@@H]2[C@@H]3C=C[C@]4(O3)[C@@H]2C(=O)N(C2CCC(C)CC2)[C@H]4C(=O)N[C@@H]2CCC[C@H](C)[C@@H]2C)cc1Cl. The lowest BCUT2D eigenvalue weighted by Gasteiger charge is -2.41. The molecule has 1 aromatic carbocycles. The quantitative estimate of drug-likeness (QED) is 0.475. The first-order chi connectivity index (χ1) is 19.1. The van der Waals surface area contributed by atoms with Crippen molar-refractivity contribution in [3.05, 3.63) is 40.9 Å². The Morgan fingerprint density at radius 2 is 1.80 bits per heavy atom. The number of halogens is 1. The van der Waals surface area contributed by atoms with E-state index in [0.717, 1.165) is 44.1 Å². The van der Waals surface area contributed by atoms with E-state index in [0.29, 0.717) is 28.5 Å². The second kappa shape index (κ2) is 10.5. The molecule has 3 aliphatic heterocycles. The molecule has 8 heteroatoms. The summed E-state index contributed by atoms with van der Waals surface area (Å²) >= 11 is 6.31. The Labute approximate surface area is 242 Å². The van der Waals surface area contributed by atoms with Crippen LogP contribution in [0.15, 0.2) is 30.4 Å². The Hall–Kier alpha value is -2.38. The molecule has 4 fully saturated rings. The van der Waals surface area contributed by atoms with Crippen LogP contribution in [-0.2, 0) is 19.1 Å². The highest BCUT2D eigenvalue weighted by Gasteiger charge is 2.73. The maximum absolute atomic E-state index is 14.4. The van der Waals surface area contributed by atoms with Gasteiger partial charge in [-0.25, -0.2) is 0 Å². The van der Waals surface area contributed by atoms with Gasteiger partial charge in [0.2, 0.25) is 17.7 Å². The van der Waals surface area contributed by atoms with Crippen molar-refractivity contribution in [2.75, 3.05) is 5.32 Å².